The van der Waals surface area contributed by atoms with E-state index in [0.717, 1.165) is 52.4 Å². The minimum atomic E-state index is 0.516. The second-order valence-electron chi connectivity index (χ2n) is 3.89. The van der Waals surface area contributed by atoms with Gasteiger partial charge in [0.05, 0.1) is 0 Å². The first-order valence-corrected chi connectivity index (χ1v) is 10.1. The van der Waals surface area contributed by atoms with E-state index in [9.17, 15) is 4.79 Å². The average molecular weight is 312 g/mol. The van der Waals surface area contributed by atoms with Crippen molar-refractivity contribution in [3.05, 3.63) is 0 Å². The zero-order valence-electron chi connectivity index (χ0n) is 8.58. The zero-order valence-corrected chi connectivity index (χ0v) is 12.0. The molecular weight excluding hydrogens is 294 g/mol. The Bertz CT molecular complexity index is 178. The number of carbonyl (C=O) groups is 1. The van der Waals surface area contributed by atoms with Gasteiger partial charge in [-0.15, -0.1) is 0 Å². The number of hydrogen-bond acceptors (Lipinski definition) is 1. The molecule has 1 rings (SSSR count). The molecule has 3 heteroatoms. The van der Waals surface area contributed by atoms with E-state index in [-0.39, 0.29) is 0 Å². The molecule has 0 aliphatic heterocycles. The molecule has 0 heterocycles. The normalized spacial score (nSPS) is 29.7. The van der Waals surface area contributed by atoms with E-state index in [2.05, 4.69) is 18.6 Å². The van der Waals surface area contributed by atoms with Crippen LogP contribution in [0.25, 0.3) is 0 Å². The molecule has 0 radical (unpaired) electrons. The molecule has 0 saturated heterocycles. The van der Waals surface area contributed by atoms with Gasteiger partial charge in [-0.3, -0.25) is 0 Å². The Balaban J connectivity index is 2.53. The molecule has 0 N–H and O–H groups in total. The van der Waals surface area contributed by atoms with Crippen molar-refractivity contribution in [1.82, 2.24) is 0 Å². The van der Waals surface area contributed by atoms with Crippen LogP contribution in [0.1, 0.15) is 26.2 Å². The second kappa shape index (κ2) is 5.56. The maximum absolute atomic E-state index is 11.4. The van der Waals surface area contributed by atoms with E-state index in [1.807, 2.05) is 0 Å². The van der Waals surface area contributed by atoms with Gasteiger partial charge in [0.1, 0.15) is 0 Å². The van der Waals surface area contributed by atoms with Crippen molar-refractivity contribution in [3.63, 3.8) is 0 Å². The zero-order chi connectivity index (χ0) is 9.84. The van der Waals surface area contributed by atoms with E-state index < -0.39 is 0 Å². The standard InChI is InChI=1S/C10H18OSe2/c1-7-4-8(6-9(11)5-7)10(12-2)13-3/h7-8,10H,4-6H2,1-3H3. The molecule has 0 bridgehead atoms. The Morgan fingerprint density at radius 1 is 1.31 bits per heavy atom. The summed E-state index contributed by atoms with van der Waals surface area (Å²) in [5.41, 5.74) is 0. The SMILES string of the molecule is C[Se]C([Se]C)C1CC(=O)CC(C)C1. The Labute approximate surface area is 93.7 Å². The quantitative estimate of drug-likeness (QED) is 0.731. The molecule has 2 atom stereocenters. The fraction of sp³-hybridized carbons (Fsp3) is 0.900. The molecule has 1 nitrogen and oxygen atoms in total. The summed E-state index contributed by atoms with van der Waals surface area (Å²) < 4.78 is 0.909. The van der Waals surface area contributed by atoms with Crippen LogP contribution in [0, 0.1) is 11.8 Å². The van der Waals surface area contributed by atoms with Crippen molar-refractivity contribution < 1.29 is 4.79 Å². The van der Waals surface area contributed by atoms with E-state index in [0.29, 0.717) is 11.7 Å². The molecule has 1 aliphatic carbocycles. The van der Waals surface area contributed by atoms with Crippen LogP contribution in [0.4, 0.5) is 0 Å². The Hall–Kier alpha value is 0.709. The molecular formula is C10H18OSe2. The predicted octanol–water partition coefficient (Wildman–Crippen LogP) is 2.24. The van der Waals surface area contributed by atoms with Crippen LogP contribution in [0.2, 0.25) is 15.4 Å². The summed E-state index contributed by atoms with van der Waals surface area (Å²) in [6.45, 7) is 2.23. The van der Waals surface area contributed by atoms with Crippen molar-refractivity contribution in [2.75, 3.05) is 0 Å². The Morgan fingerprint density at radius 2 is 1.92 bits per heavy atom. The van der Waals surface area contributed by atoms with Crippen LogP contribution in [-0.4, -0.2) is 35.7 Å². The van der Waals surface area contributed by atoms with Crippen LogP contribution in [0.5, 0.6) is 0 Å². The molecule has 0 aromatic carbocycles. The number of carbonyl (C=O) groups excluding carboxylic acids is 1. The van der Waals surface area contributed by atoms with Crippen molar-refractivity contribution in [3.8, 4) is 0 Å². The van der Waals surface area contributed by atoms with Gasteiger partial charge in [0.2, 0.25) is 0 Å². The van der Waals surface area contributed by atoms with Crippen molar-refractivity contribution >= 4 is 35.7 Å². The summed E-state index contributed by atoms with van der Waals surface area (Å²) in [5, 5.41) is 0. The molecule has 13 heavy (non-hydrogen) atoms. The molecule has 1 saturated carbocycles. The fourth-order valence-corrected chi connectivity index (χ4v) is 7.12. The molecule has 76 valence electrons. The summed E-state index contributed by atoms with van der Waals surface area (Å²) >= 11 is 1.49. The fourth-order valence-electron chi connectivity index (χ4n) is 2.14. The van der Waals surface area contributed by atoms with Gasteiger partial charge in [-0.2, -0.15) is 0 Å². The molecule has 0 aromatic rings. The molecule has 1 aliphatic rings. The van der Waals surface area contributed by atoms with Crippen LogP contribution < -0.4 is 0 Å². The molecule has 0 aromatic heterocycles. The van der Waals surface area contributed by atoms with E-state index in [1.54, 1.807) is 0 Å². The number of rotatable bonds is 3. The summed E-state index contributed by atoms with van der Waals surface area (Å²) in [5.74, 6) is 6.56. The van der Waals surface area contributed by atoms with Crippen LogP contribution in [-0.2, 0) is 4.79 Å². The van der Waals surface area contributed by atoms with Gasteiger partial charge in [-0.05, 0) is 0 Å². The topological polar surface area (TPSA) is 17.1 Å². The maximum atomic E-state index is 11.4. The summed E-state index contributed by atoms with van der Waals surface area (Å²) in [7, 11) is 0. The van der Waals surface area contributed by atoms with Crippen LogP contribution >= 0.6 is 0 Å². The first-order chi connectivity index (χ1) is 6.17. The number of ketones is 1. The number of hydrogen-bond donors (Lipinski definition) is 0. The van der Waals surface area contributed by atoms with Gasteiger partial charge < -0.3 is 0 Å². The van der Waals surface area contributed by atoms with Crippen molar-refractivity contribution in [2.45, 2.75) is 41.5 Å². The van der Waals surface area contributed by atoms with Gasteiger partial charge in [0.25, 0.3) is 0 Å². The molecule has 0 amide bonds. The van der Waals surface area contributed by atoms with Gasteiger partial charge in [0, 0.05) is 0 Å². The summed E-state index contributed by atoms with van der Waals surface area (Å²) in [6, 6.07) is 0. The monoisotopic (exact) mass is 314 g/mol. The van der Waals surface area contributed by atoms with Crippen molar-refractivity contribution in [1.29, 1.82) is 0 Å². The predicted molar refractivity (Wildman–Crippen MR) is 58.5 cm³/mol. The van der Waals surface area contributed by atoms with E-state index in [1.165, 1.54) is 6.42 Å². The molecule has 1 fully saturated rings. The van der Waals surface area contributed by atoms with Crippen LogP contribution in [0.15, 0.2) is 0 Å². The number of Topliss-reactive ketones (excluding diaryl/α,β-unsaturated/α-hetero) is 1. The average Bonchev–Trinajstić information content (AvgIpc) is 2.04. The molecule has 2 unspecified atom stereocenters. The Kier molecular flexibility index (Phi) is 5.04. The second-order valence-corrected chi connectivity index (χ2v) is 9.51. The Morgan fingerprint density at radius 3 is 2.38 bits per heavy atom. The minimum absolute atomic E-state index is 0.516. The van der Waals surface area contributed by atoms with Gasteiger partial charge in [-0.25, -0.2) is 0 Å². The van der Waals surface area contributed by atoms with E-state index >= 15 is 0 Å². The van der Waals surface area contributed by atoms with Gasteiger partial charge in [0.15, 0.2) is 0 Å². The van der Waals surface area contributed by atoms with Crippen molar-refractivity contribution in [2.24, 2.45) is 11.8 Å². The van der Waals surface area contributed by atoms with Gasteiger partial charge >= 0.3 is 93.9 Å². The van der Waals surface area contributed by atoms with Crippen LogP contribution in [0.3, 0.4) is 0 Å². The van der Waals surface area contributed by atoms with Gasteiger partial charge in [-0.1, -0.05) is 0 Å². The summed E-state index contributed by atoms with van der Waals surface area (Å²) in [4.78, 5) is 11.4. The van der Waals surface area contributed by atoms with E-state index in [4.69, 9.17) is 0 Å². The third-order valence-corrected chi connectivity index (χ3v) is 10.4. The first kappa shape index (κ1) is 11.8. The third kappa shape index (κ3) is 3.40. The first-order valence-electron chi connectivity index (χ1n) is 4.74. The summed E-state index contributed by atoms with van der Waals surface area (Å²) in [6.07, 6.45) is 3.04. The molecule has 0 spiro atoms. The third-order valence-electron chi connectivity index (χ3n) is 2.62.